The average molecular weight is 209 g/mol. The minimum absolute atomic E-state index is 0.00231. The van der Waals surface area contributed by atoms with Crippen molar-refractivity contribution in [3.05, 3.63) is 0 Å². The summed E-state index contributed by atoms with van der Waals surface area (Å²) in [6.45, 7) is 10.7. The topological polar surface area (TPSA) is 30.5 Å². The second-order valence-electron chi connectivity index (χ2n) is 6.35. The van der Waals surface area contributed by atoms with Crippen molar-refractivity contribution in [1.29, 1.82) is 0 Å². The highest BCUT2D eigenvalue weighted by Gasteiger charge is 2.70. The van der Waals surface area contributed by atoms with E-state index in [1.54, 1.807) is 0 Å². The van der Waals surface area contributed by atoms with Gasteiger partial charge in [-0.3, -0.25) is 0 Å². The van der Waals surface area contributed by atoms with Gasteiger partial charge in [-0.25, -0.2) is 0 Å². The highest BCUT2D eigenvalue weighted by atomic mass is 16.7. The molecule has 0 bridgehead atoms. The lowest BCUT2D eigenvalue weighted by atomic mass is 9.67. The maximum absolute atomic E-state index is 6.13. The largest absolute Gasteiger partial charge is 0.466 e. The lowest BCUT2D eigenvalue weighted by Gasteiger charge is -2.32. The fourth-order valence-corrected chi connectivity index (χ4v) is 2.82. The van der Waals surface area contributed by atoms with E-state index in [1.807, 2.05) is 0 Å². The van der Waals surface area contributed by atoms with Gasteiger partial charge in [-0.1, -0.05) is 0 Å². The molecule has 3 nitrogen and oxygen atoms in total. The van der Waals surface area contributed by atoms with Gasteiger partial charge >= 0.3 is 7.12 Å². The van der Waals surface area contributed by atoms with Crippen molar-refractivity contribution in [2.24, 2.45) is 5.92 Å². The second kappa shape index (κ2) is 2.61. The molecule has 3 aliphatic rings. The molecule has 1 N–H and O–H groups in total. The molecule has 84 valence electrons. The van der Waals surface area contributed by atoms with Crippen LogP contribution < -0.4 is 5.32 Å². The Labute approximate surface area is 92.0 Å². The molecule has 2 atom stereocenters. The number of fused-ring (bicyclic) bond motifs is 1. The molecular weight excluding hydrogens is 189 g/mol. The summed E-state index contributed by atoms with van der Waals surface area (Å²) in [5.41, 5.74) is -0.357. The Hall–Kier alpha value is -0.0551. The van der Waals surface area contributed by atoms with E-state index in [0.717, 1.165) is 19.0 Å². The summed E-state index contributed by atoms with van der Waals surface area (Å²) in [6, 6.07) is 0. The van der Waals surface area contributed by atoms with Crippen LogP contribution in [0.1, 0.15) is 34.1 Å². The molecule has 15 heavy (non-hydrogen) atoms. The molecule has 2 saturated heterocycles. The molecule has 2 heterocycles. The highest BCUT2D eigenvalue weighted by Crippen LogP contribution is 2.66. The third-order valence-electron chi connectivity index (χ3n) is 4.85. The smallest absolute Gasteiger partial charge is 0.403 e. The van der Waals surface area contributed by atoms with E-state index in [-0.39, 0.29) is 18.3 Å². The molecule has 2 aliphatic heterocycles. The quantitative estimate of drug-likeness (QED) is 0.663. The Morgan fingerprint density at radius 1 is 1.13 bits per heavy atom. The first kappa shape index (κ1) is 10.1. The van der Waals surface area contributed by atoms with Gasteiger partial charge in [0.15, 0.2) is 0 Å². The fraction of sp³-hybridized carbons (Fsp3) is 1.00. The van der Waals surface area contributed by atoms with Crippen molar-refractivity contribution >= 4 is 7.12 Å². The van der Waals surface area contributed by atoms with Crippen LogP contribution in [0, 0.1) is 5.92 Å². The number of hydrogen-bond acceptors (Lipinski definition) is 3. The predicted molar refractivity (Wildman–Crippen MR) is 59.8 cm³/mol. The van der Waals surface area contributed by atoms with Gasteiger partial charge in [0.05, 0.1) is 11.2 Å². The zero-order chi connectivity index (χ0) is 10.9. The summed E-state index contributed by atoms with van der Waals surface area (Å²) in [7, 11) is 0.00231. The molecular formula is C11H20BNO2. The molecule has 0 radical (unpaired) electrons. The SMILES string of the molecule is CC1(C)OB(C23CNCC2C3)OC1(C)C. The van der Waals surface area contributed by atoms with Crippen LogP contribution in [0.2, 0.25) is 5.31 Å². The number of piperidine rings is 1. The minimum atomic E-state index is -0.178. The van der Waals surface area contributed by atoms with Crippen molar-refractivity contribution in [3.63, 3.8) is 0 Å². The summed E-state index contributed by atoms with van der Waals surface area (Å²) in [5, 5.41) is 3.73. The summed E-state index contributed by atoms with van der Waals surface area (Å²) in [4.78, 5) is 0. The van der Waals surface area contributed by atoms with Crippen LogP contribution in [-0.2, 0) is 9.31 Å². The Kier molecular flexibility index (Phi) is 1.76. The maximum Gasteiger partial charge on any atom is 0.466 e. The van der Waals surface area contributed by atoms with E-state index in [9.17, 15) is 0 Å². The summed E-state index contributed by atoms with van der Waals surface area (Å²) < 4.78 is 12.3. The molecule has 0 amide bonds. The zero-order valence-electron chi connectivity index (χ0n) is 10.1. The van der Waals surface area contributed by atoms with Crippen molar-refractivity contribution in [3.8, 4) is 0 Å². The molecule has 1 saturated carbocycles. The predicted octanol–water partition coefficient (Wildman–Crippen LogP) is 1.44. The van der Waals surface area contributed by atoms with Crippen LogP contribution in [0.25, 0.3) is 0 Å². The minimum Gasteiger partial charge on any atom is -0.403 e. The third kappa shape index (κ3) is 1.19. The Balaban J connectivity index is 1.82. The van der Waals surface area contributed by atoms with E-state index < -0.39 is 0 Å². The van der Waals surface area contributed by atoms with Crippen molar-refractivity contribution < 1.29 is 9.31 Å². The molecule has 1 aliphatic carbocycles. The normalized spacial score (nSPS) is 45.6. The van der Waals surface area contributed by atoms with Gasteiger partial charge < -0.3 is 14.6 Å². The third-order valence-corrected chi connectivity index (χ3v) is 4.85. The lowest BCUT2D eigenvalue weighted by Crippen LogP contribution is -2.41. The molecule has 3 rings (SSSR count). The number of hydrogen-bond donors (Lipinski definition) is 1. The molecule has 4 heteroatoms. The van der Waals surface area contributed by atoms with Crippen LogP contribution in [0.4, 0.5) is 0 Å². The monoisotopic (exact) mass is 209 g/mol. The van der Waals surface area contributed by atoms with Crippen LogP contribution in [-0.4, -0.2) is 31.4 Å². The van der Waals surface area contributed by atoms with Gasteiger partial charge in [0, 0.05) is 5.31 Å². The summed E-state index contributed by atoms with van der Waals surface area (Å²) >= 11 is 0. The van der Waals surface area contributed by atoms with E-state index in [4.69, 9.17) is 9.31 Å². The Morgan fingerprint density at radius 2 is 1.73 bits per heavy atom. The van der Waals surface area contributed by atoms with Gasteiger partial charge in [-0.15, -0.1) is 0 Å². The first-order valence-corrected chi connectivity index (χ1v) is 5.94. The Bertz CT molecular complexity index is 289. The number of rotatable bonds is 1. The van der Waals surface area contributed by atoms with E-state index in [0.29, 0.717) is 5.31 Å². The van der Waals surface area contributed by atoms with E-state index >= 15 is 0 Å². The molecule has 0 aromatic carbocycles. The van der Waals surface area contributed by atoms with Gasteiger partial charge in [0.2, 0.25) is 0 Å². The van der Waals surface area contributed by atoms with Crippen LogP contribution in [0.5, 0.6) is 0 Å². The van der Waals surface area contributed by atoms with Crippen LogP contribution in [0.3, 0.4) is 0 Å². The average Bonchev–Trinajstić information content (AvgIpc) is 2.58. The molecule has 2 unspecified atom stereocenters. The van der Waals surface area contributed by atoms with Crippen LogP contribution in [0.15, 0.2) is 0 Å². The van der Waals surface area contributed by atoms with Crippen molar-refractivity contribution in [1.82, 2.24) is 5.32 Å². The van der Waals surface area contributed by atoms with Gasteiger partial charge in [-0.2, -0.15) is 0 Å². The standard InChI is InChI=1S/C11H20BNO2/c1-9(2)10(3,4)15-12(14-9)11-5-8(11)6-13-7-11/h8,13H,5-7H2,1-4H3. The second-order valence-corrected chi connectivity index (χ2v) is 6.35. The first-order chi connectivity index (χ1) is 6.87. The van der Waals surface area contributed by atoms with Crippen LogP contribution >= 0.6 is 0 Å². The van der Waals surface area contributed by atoms with Crippen molar-refractivity contribution in [2.75, 3.05) is 13.1 Å². The van der Waals surface area contributed by atoms with Gasteiger partial charge in [0.1, 0.15) is 0 Å². The lowest BCUT2D eigenvalue weighted by molar-refractivity contribution is 0.00578. The number of nitrogens with one attached hydrogen (secondary N) is 1. The highest BCUT2D eigenvalue weighted by molar-refractivity contribution is 6.51. The molecule has 0 aromatic heterocycles. The zero-order valence-corrected chi connectivity index (χ0v) is 10.1. The van der Waals surface area contributed by atoms with Gasteiger partial charge in [-0.05, 0) is 53.1 Å². The van der Waals surface area contributed by atoms with E-state index in [1.165, 1.54) is 6.42 Å². The summed E-state index contributed by atoms with van der Waals surface area (Å²) in [5.74, 6) is 0.784. The molecule has 0 spiro atoms. The first-order valence-electron chi connectivity index (χ1n) is 5.94. The van der Waals surface area contributed by atoms with E-state index in [2.05, 4.69) is 33.0 Å². The van der Waals surface area contributed by atoms with Gasteiger partial charge in [0.25, 0.3) is 0 Å². The van der Waals surface area contributed by atoms with Crippen molar-refractivity contribution in [2.45, 2.75) is 50.6 Å². The summed E-state index contributed by atoms with van der Waals surface area (Å²) in [6.07, 6.45) is 1.27. The molecule has 3 fully saturated rings. The maximum atomic E-state index is 6.13. The Morgan fingerprint density at radius 3 is 2.13 bits per heavy atom. The fourth-order valence-electron chi connectivity index (χ4n) is 2.82. The molecule has 0 aromatic rings.